The predicted octanol–water partition coefficient (Wildman–Crippen LogP) is 4.71. The number of nitrogens with zero attached hydrogens (tertiary/aromatic N) is 1. The van der Waals surface area contributed by atoms with E-state index in [1.807, 2.05) is 63.4 Å². The number of halogens is 1. The van der Waals surface area contributed by atoms with Crippen LogP contribution in [0.25, 0.3) is 0 Å². The molecule has 1 unspecified atom stereocenters. The van der Waals surface area contributed by atoms with Gasteiger partial charge in [0.25, 0.3) is 0 Å². The van der Waals surface area contributed by atoms with Crippen LogP contribution in [0.4, 0.5) is 5.69 Å². The predicted molar refractivity (Wildman–Crippen MR) is 116 cm³/mol. The summed E-state index contributed by atoms with van der Waals surface area (Å²) in [5.74, 6) is 0.764. The van der Waals surface area contributed by atoms with Gasteiger partial charge in [0.05, 0.1) is 0 Å². The van der Waals surface area contributed by atoms with Crippen LogP contribution in [0, 0.1) is 0 Å². The molecule has 5 heteroatoms. The Kier molecular flexibility index (Phi) is 11.6. The third-order valence-corrected chi connectivity index (χ3v) is 4.34. The van der Waals surface area contributed by atoms with Crippen LogP contribution in [-0.4, -0.2) is 49.4 Å². The van der Waals surface area contributed by atoms with Crippen LogP contribution < -0.4 is 10.1 Å². The Hall–Kier alpha value is -1.75. The molecule has 0 heterocycles. The molecule has 0 fully saturated rings. The zero-order valence-corrected chi connectivity index (χ0v) is 17.7. The summed E-state index contributed by atoms with van der Waals surface area (Å²) in [6, 6.07) is 15.6. The van der Waals surface area contributed by atoms with E-state index in [0.717, 1.165) is 36.0 Å². The molecule has 4 nitrogen and oxygen atoms in total. The van der Waals surface area contributed by atoms with Gasteiger partial charge in [0, 0.05) is 30.8 Å². The van der Waals surface area contributed by atoms with Gasteiger partial charge in [-0.3, -0.25) is 0 Å². The van der Waals surface area contributed by atoms with E-state index in [9.17, 15) is 5.11 Å². The SMILES string of the molecule is CC.CCN(CCc1cccc(Cl)c1)CC(O)COc1ccc(NC)cc1. The molecule has 0 bridgehead atoms. The minimum absolute atomic E-state index is 0.284. The van der Waals surface area contributed by atoms with Crippen LogP contribution in [-0.2, 0) is 6.42 Å². The summed E-state index contributed by atoms with van der Waals surface area (Å²) in [5, 5.41) is 14.1. The molecule has 1 atom stereocenters. The second-order valence-electron chi connectivity index (χ2n) is 6.01. The third kappa shape index (κ3) is 9.14. The summed E-state index contributed by atoms with van der Waals surface area (Å²) in [4.78, 5) is 2.22. The first-order valence-corrected chi connectivity index (χ1v) is 10.0. The number of anilines is 1. The van der Waals surface area contributed by atoms with Crippen molar-refractivity contribution in [3.63, 3.8) is 0 Å². The van der Waals surface area contributed by atoms with E-state index in [2.05, 4.69) is 23.2 Å². The quantitative estimate of drug-likeness (QED) is 0.614. The third-order valence-electron chi connectivity index (χ3n) is 4.11. The lowest BCUT2D eigenvalue weighted by Crippen LogP contribution is -2.36. The number of likely N-dealkylation sites (N-methyl/N-ethyl adjacent to an activating group) is 1. The van der Waals surface area contributed by atoms with E-state index in [-0.39, 0.29) is 6.61 Å². The molecule has 0 radical (unpaired) electrons. The van der Waals surface area contributed by atoms with E-state index in [4.69, 9.17) is 16.3 Å². The smallest absolute Gasteiger partial charge is 0.119 e. The zero-order chi connectivity index (χ0) is 20.1. The van der Waals surface area contributed by atoms with Crippen molar-refractivity contribution in [2.45, 2.75) is 33.3 Å². The van der Waals surface area contributed by atoms with Crippen molar-refractivity contribution < 1.29 is 9.84 Å². The molecule has 0 amide bonds. The maximum atomic E-state index is 10.3. The van der Waals surface area contributed by atoms with Crippen LogP contribution in [0.15, 0.2) is 48.5 Å². The van der Waals surface area contributed by atoms with E-state index < -0.39 is 6.10 Å². The number of aliphatic hydroxyl groups excluding tert-OH is 1. The number of nitrogens with one attached hydrogen (secondary N) is 1. The maximum Gasteiger partial charge on any atom is 0.119 e. The van der Waals surface area contributed by atoms with Gasteiger partial charge in [-0.05, 0) is 54.9 Å². The van der Waals surface area contributed by atoms with Crippen LogP contribution in [0.1, 0.15) is 26.3 Å². The lowest BCUT2D eigenvalue weighted by atomic mass is 10.1. The molecule has 2 aromatic carbocycles. The summed E-state index contributed by atoms with van der Waals surface area (Å²) >= 11 is 6.02. The number of rotatable bonds is 10. The van der Waals surface area contributed by atoms with Crippen molar-refractivity contribution in [3.8, 4) is 5.75 Å². The lowest BCUT2D eigenvalue weighted by molar-refractivity contribution is 0.0702. The Balaban J connectivity index is 0.00000176. The monoisotopic (exact) mass is 392 g/mol. The van der Waals surface area contributed by atoms with Gasteiger partial charge in [0.15, 0.2) is 0 Å². The van der Waals surface area contributed by atoms with E-state index in [0.29, 0.717) is 6.54 Å². The van der Waals surface area contributed by atoms with Crippen LogP contribution in [0.5, 0.6) is 5.75 Å². The highest BCUT2D eigenvalue weighted by Gasteiger charge is 2.11. The molecule has 27 heavy (non-hydrogen) atoms. The molecule has 2 N–H and O–H groups in total. The first kappa shape index (κ1) is 23.3. The number of hydrogen-bond acceptors (Lipinski definition) is 4. The number of benzene rings is 2. The van der Waals surface area contributed by atoms with E-state index in [1.165, 1.54) is 5.56 Å². The first-order valence-electron chi connectivity index (χ1n) is 9.66. The molecule has 150 valence electrons. The van der Waals surface area contributed by atoms with Crippen LogP contribution in [0.3, 0.4) is 0 Å². The summed E-state index contributed by atoms with van der Waals surface area (Å²) in [5.41, 5.74) is 2.24. The van der Waals surface area contributed by atoms with Crippen molar-refractivity contribution in [3.05, 3.63) is 59.1 Å². The molecule has 0 aliphatic carbocycles. The highest BCUT2D eigenvalue weighted by atomic mass is 35.5. The fourth-order valence-corrected chi connectivity index (χ4v) is 2.83. The molecule has 0 saturated heterocycles. The van der Waals surface area contributed by atoms with Crippen molar-refractivity contribution in [1.82, 2.24) is 4.90 Å². The molecule has 2 aromatic rings. The minimum Gasteiger partial charge on any atom is -0.491 e. The average molecular weight is 393 g/mol. The van der Waals surface area contributed by atoms with Gasteiger partial charge >= 0.3 is 0 Å². The largest absolute Gasteiger partial charge is 0.491 e. The molecule has 0 aromatic heterocycles. The summed E-state index contributed by atoms with van der Waals surface area (Å²) in [6.07, 6.45) is 0.385. The van der Waals surface area contributed by atoms with Crippen molar-refractivity contribution in [2.24, 2.45) is 0 Å². The van der Waals surface area contributed by atoms with Crippen LogP contribution >= 0.6 is 11.6 Å². The van der Waals surface area contributed by atoms with Gasteiger partial charge in [-0.1, -0.05) is 44.5 Å². The van der Waals surface area contributed by atoms with Crippen molar-refractivity contribution in [2.75, 3.05) is 38.6 Å². The Morgan fingerprint density at radius 3 is 2.44 bits per heavy atom. The number of ether oxygens (including phenoxy) is 1. The highest BCUT2D eigenvalue weighted by molar-refractivity contribution is 6.30. The number of hydrogen-bond donors (Lipinski definition) is 2. The van der Waals surface area contributed by atoms with Gasteiger partial charge < -0.3 is 20.1 Å². The Morgan fingerprint density at radius 1 is 1.15 bits per heavy atom. The molecule has 2 rings (SSSR count). The van der Waals surface area contributed by atoms with Crippen LogP contribution in [0.2, 0.25) is 5.02 Å². The lowest BCUT2D eigenvalue weighted by Gasteiger charge is -2.23. The molecular formula is C22H33ClN2O2. The summed E-state index contributed by atoms with van der Waals surface area (Å²) in [6.45, 7) is 8.74. The maximum absolute atomic E-state index is 10.3. The fraction of sp³-hybridized carbons (Fsp3) is 0.455. The van der Waals surface area contributed by atoms with Gasteiger partial charge in [0.2, 0.25) is 0 Å². The van der Waals surface area contributed by atoms with E-state index in [1.54, 1.807) is 0 Å². The standard InChI is InChI=1S/C20H27ClN2O2.C2H6/c1-3-23(12-11-16-5-4-6-17(21)13-16)14-19(24)15-25-20-9-7-18(22-2)8-10-20;1-2/h4-10,13,19,22,24H,3,11-12,14-15H2,1-2H3;1-2H3. The molecule has 0 aliphatic rings. The summed E-state index contributed by atoms with van der Waals surface area (Å²) < 4.78 is 5.67. The van der Waals surface area contributed by atoms with Gasteiger partial charge in [-0.2, -0.15) is 0 Å². The zero-order valence-electron chi connectivity index (χ0n) is 16.9. The highest BCUT2D eigenvalue weighted by Crippen LogP contribution is 2.15. The fourth-order valence-electron chi connectivity index (χ4n) is 2.62. The van der Waals surface area contributed by atoms with E-state index >= 15 is 0 Å². The molecule has 0 spiro atoms. The Morgan fingerprint density at radius 2 is 1.85 bits per heavy atom. The van der Waals surface area contributed by atoms with Gasteiger partial charge in [-0.25, -0.2) is 0 Å². The van der Waals surface area contributed by atoms with Crippen molar-refractivity contribution >= 4 is 17.3 Å². The average Bonchev–Trinajstić information content (AvgIpc) is 2.71. The second kappa shape index (κ2) is 13.4. The number of aliphatic hydroxyl groups is 1. The topological polar surface area (TPSA) is 44.7 Å². The van der Waals surface area contributed by atoms with Gasteiger partial charge in [-0.15, -0.1) is 0 Å². The molecule has 0 saturated carbocycles. The second-order valence-corrected chi connectivity index (χ2v) is 6.45. The van der Waals surface area contributed by atoms with Gasteiger partial charge in [0.1, 0.15) is 18.5 Å². The molecule has 0 aliphatic heterocycles. The Bertz CT molecular complexity index is 634. The Labute approximate surface area is 169 Å². The minimum atomic E-state index is -0.525. The first-order chi connectivity index (χ1) is 13.1. The summed E-state index contributed by atoms with van der Waals surface area (Å²) in [7, 11) is 1.88. The molecular weight excluding hydrogens is 360 g/mol. The normalized spacial score (nSPS) is 11.5. The van der Waals surface area contributed by atoms with Crippen molar-refractivity contribution in [1.29, 1.82) is 0 Å².